The largest absolute Gasteiger partial charge is 0.368 e. The first kappa shape index (κ1) is 17.6. The minimum atomic E-state index is -0.411. The molecule has 2 aliphatic rings. The van der Waals surface area contributed by atoms with E-state index in [1.807, 2.05) is 53.4 Å². The number of benzene rings is 2. The third-order valence-electron chi connectivity index (χ3n) is 4.99. The molecule has 0 unspecified atom stereocenters. The Kier molecular flexibility index (Phi) is 4.86. The Morgan fingerprint density at radius 2 is 1.30 bits per heavy atom. The van der Waals surface area contributed by atoms with Gasteiger partial charge in [-0.3, -0.25) is 14.5 Å². The van der Waals surface area contributed by atoms with E-state index >= 15 is 0 Å². The minimum absolute atomic E-state index is 0.0316. The van der Waals surface area contributed by atoms with E-state index in [0.717, 1.165) is 24.3 Å². The first-order valence-corrected chi connectivity index (χ1v) is 9.38. The topological polar surface area (TPSA) is 43.9 Å². The predicted octanol–water partition coefficient (Wildman–Crippen LogP) is 2.83. The van der Waals surface area contributed by atoms with Crippen LogP contribution in [0.3, 0.4) is 0 Å². The lowest BCUT2D eigenvalue weighted by Crippen LogP contribution is -2.47. The summed E-state index contributed by atoms with van der Waals surface area (Å²) in [6, 6.07) is 19.6. The molecule has 4 rings (SSSR count). The number of anilines is 1. The maximum absolute atomic E-state index is 12.9. The van der Waals surface area contributed by atoms with Gasteiger partial charge in [0.25, 0.3) is 11.8 Å². The number of carbonyl (C=O) groups excluding carboxylic acids is 2. The standard InChI is InChI=1S/C21H20ClN3O2/c22-18-19(21(27)25(20(18)26)15-16-7-3-1-4-8-16)24-13-11-23(12-14-24)17-9-5-2-6-10-17/h1-10H,11-15H2. The molecular formula is C21H20ClN3O2. The Morgan fingerprint density at radius 1 is 0.741 bits per heavy atom. The number of nitrogens with zero attached hydrogens (tertiary/aromatic N) is 3. The number of hydrogen-bond donors (Lipinski definition) is 0. The Bertz CT molecular complexity index is 875. The molecule has 0 N–H and O–H groups in total. The third-order valence-corrected chi connectivity index (χ3v) is 5.33. The number of carbonyl (C=O) groups is 2. The van der Waals surface area contributed by atoms with E-state index in [9.17, 15) is 9.59 Å². The van der Waals surface area contributed by atoms with Crippen LogP contribution in [0.4, 0.5) is 5.69 Å². The van der Waals surface area contributed by atoms with Crippen molar-refractivity contribution in [2.24, 2.45) is 0 Å². The Balaban J connectivity index is 1.46. The maximum atomic E-state index is 12.9. The van der Waals surface area contributed by atoms with Crippen LogP contribution in [0.25, 0.3) is 0 Å². The fraction of sp³-hybridized carbons (Fsp3) is 0.238. The lowest BCUT2D eigenvalue weighted by atomic mass is 10.2. The van der Waals surface area contributed by atoms with Crippen LogP contribution >= 0.6 is 11.6 Å². The van der Waals surface area contributed by atoms with Gasteiger partial charge < -0.3 is 9.80 Å². The quantitative estimate of drug-likeness (QED) is 0.764. The number of halogens is 1. The molecule has 0 aromatic heterocycles. The third kappa shape index (κ3) is 3.43. The molecule has 2 aliphatic heterocycles. The van der Waals surface area contributed by atoms with Crippen LogP contribution < -0.4 is 4.90 Å². The highest BCUT2D eigenvalue weighted by Gasteiger charge is 2.40. The van der Waals surface area contributed by atoms with E-state index in [-0.39, 0.29) is 17.5 Å². The van der Waals surface area contributed by atoms with Gasteiger partial charge in [-0.15, -0.1) is 0 Å². The van der Waals surface area contributed by atoms with Gasteiger partial charge >= 0.3 is 0 Å². The van der Waals surface area contributed by atoms with Gasteiger partial charge in [0.1, 0.15) is 10.7 Å². The normalized spacial score (nSPS) is 17.9. The zero-order chi connectivity index (χ0) is 18.8. The first-order chi connectivity index (χ1) is 13.1. The molecule has 5 nitrogen and oxygen atoms in total. The van der Waals surface area contributed by atoms with E-state index in [1.54, 1.807) is 0 Å². The molecule has 27 heavy (non-hydrogen) atoms. The second-order valence-electron chi connectivity index (χ2n) is 6.65. The van der Waals surface area contributed by atoms with Crippen molar-refractivity contribution in [3.8, 4) is 0 Å². The number of amides is 2. The number of rotatable bonds is 4. The molecule has 2 amide bonds. The summed E-state index contributed by atoms with van der Waals surface area (Å²) in [5.41, 5.74) is 2.40. The summed E-state index contributed by atoms with van der Waals surface area (Å²) in [7, 11) is 0. The second kappa shape index (κ2) is 7.45. The van der Waals surface area contributed by atoms with Crippen LogP contribution in [0.1, 0.15) is 5.56 Å². The molecule has 138 valence electrons. The molecule has 0 atom stereocenters. The van der Waals surface area contributed by atoms with Crippen molar-refractivity contribution in [2.75, 3.05) is 31.1 Å². The molecule has 2 aromatic carbocycles. The van der Waals surface area contributed by atoms with Crippen LogP contribution in [0, 0.1) is 0 Å². The van der Waals surface area contributed by atoms with Crippen LogP contribution in [0.5, 0.6) is 0 Å². The summed E-state index contributed by atoms with van der Waals surface area (Å²) < 4.78 is 0. The molecule has 0 saturated carbocycles. The average molecular weight is 382 g/mol. The highest BCUT2D eigenvalue weighted by atomic mass is 35.5. The molecule has 0 spiro atoms. The summed E-state index contributed by atoms with van der Waals surface area (Å²) >= 11 is 6.28. The van der Waals surface area contributed by atoms with Crippen molar-refractivity contribution < 1.29 is 9.59 Å². The predicted molar refractivity (Wildman–Crippen MR) is 105 cm³/mol. The molecular weight excluding hydrogens is 362 g/mol. The monoisotopic (exact) mass is 381 g/mol. The Labute approximate surface area is 163 Å². The fourth-order valence-corrected chi connectivity index (χ4v) is 3.85. The first-order valence-electron chi connectivity index (χ1n) is 9.00. The zero-order valence-electron chi connectivity index (χ0n) is 14.8. The van der Waals surface area contributed by atoms with Crippen LogP contribution in [0.2, 0.25) is 0 Å². The number of piperazine rings is 1. The molecule has 0 bridgehead atoms. The SMILES string of the molecule is O=C1C(Cl)=C(N2CCN(c3ccccc3)CC2)C(=O)N1Cc1ccccc1. The van der Waals surface area contributed by atoms with Gasteiger partial charge in [-0.25, -0.2) is 0 Å². The van der Waals surface area contributed by atoms with Gasteiger partial charge in [-0.2, -0.15) is 0 Å². The van der Waals surface area contributed by atoms with Crippen molar-refractivity contribution in [1.29, 1.82) is 0 Å². The van der Waals surface area contributed by atoms with Crippen molar-refractivity contribution in [3.63, 3.8) is 0 Å². The summed E-state index contributed by atoms with van der Waals surface area (Å²) in [6.45, 7) is 3.09. The van der Waals surface area contributed by atoms with E-state index in [2.05, 4.69) is 17.0 Å². The summed E-state index contributed by atoms with van der Waals surface area (Å²) in [5, 5.41) is 0.0316. The fourth-order valence-electron chi connectivity index (χ4n) is 3.54. The number of hydrogen-bond acceptors (Lipinski definition) is 4. The highest BCUT2D eigenvalue weighted by Crippen LogP contribution is 2.29. The highest BCUT2D eigenvalue weighted by molar-refractivity contribution is 6.47. The van der Waals surface area contributed by atoms with E-state index in [4.69, 9.17) is 11.6 Å². The Morgan fingerprint density at radius 3 is 1.93 bits per heavy atom. The van der Waals surface area contributed by atoms with E-state index < -0.39 is 5.91 Å². The van der Waals surface area contributed by atoms with Gasteiger partial charge in [0, 0.05) is 31.9 Å². The van der Waals surface area contributed by atoms with Crippen molar-refractivity contribution in [1.82, 2.24) is 9.80 Å². The van der Waals surface area contributed by atoms with Gasteiger partial charge in [0.2, 0.25) is 0 Å². The smallest absolute Gasteiger partial charge is 0.279 e. The van der Waals surface area contributed by atoms with Gasteiger partial charge in [-0.1, -0.05) is 60.1 Å². The molecule has 2 aromatic rings. The number of imide groups is 1. The maximum Gasteiger partial charge on any atom is 0.279 e. The molecule has 6 heteroatoms. The van der Waals surface area contributed by atoms with Crippen molar-refractivity contribution in [3.05, 3.63) is 77.0 Å². The summed E-state index contributed by atoms with van der Waals surface area (Å²) in [6.07, 6.45) is 0. The lowest BCUT2D eigenvalue weighted by molar-refractivity contribution is -0.138. The molecule has 1 saturated heterocycles. The summed E-state index contributed by atoms with van der Waals surface area (Å²) in [5.74, 6) is -0.715. The van der Waals surface area contributed by atoms with Crippen LogP contribution in [-0.2, 0) is 16.1 Å². The van der Waals surface area contributed by atoms with Gasteiger partial charge in [-0.05, 0) is 17.7 Å². The van der Waals surface area contributed by atoms with E-state index in [0.29, 0.717) is 18.8 Å². The van der Waals surface area contributed by atoms with Crippen molar-refractivity contribution in [2.45, 2.75) is 6.54 Å². The van der Waals surface area contributed by atoms with Gasteiger partial charge in [0.15, 0.2) is 0 Å². The molecule has 0 radical (unpaired) electrons. The molecule has 0 aliphatic carbocycles. The Hall–Kier alpha value is -2.79. The lowest BCUT2D eigenvalue weighted by Gasteiger charge is -2.37. The molecule has 2 heterocycles. The van der Waals surface area contributed by atoms with Gasteiger partial charge in [0.05, 0.1) is 6.54 Å². The zero-order valence-corrected chi connectivity index (χ0v) is 15.6. The minimum Gasteiger partial charge on any atom is -0.368 e. The van der Waals surface area contributed by atoms with Crippen LogP contribution in [-0.4, -0.2) is 47.8 Å². The average Bonchev–Trinajstić information content (AvgIpc) is 2.93. The number of para-hydroxylation sites is 1. The molecule has 1 fully saturated rings. The van der Waals surface area contributed by atoms with Crippen LogP contribution in [0.15, 0.2) is 71.4 Å². The van der Waals surface area contributed by atoms with Crippen molar-refractivity contribution >= 4 is 29.1 Å². The summed E-state index contributed by atoms with van der Waals surface area (Å²) in [4.78, 5) is 30.9. The second-order valence-corrected chi connectivity index (χ2v) is 7.03. The van der Waals surface area contributed by atoms with E-state index in [1.165, 1.54) is 4.90 Å².